The molecule has 2 fully saturated rings. The molecule has 2 aliphatic rings. The van der Waals surface area contributed by atoms with E-state index in [0.29, 0.717) is 13.2 Å². The molecule has 0 bridgehead atoms. The first-order valence-corrected chi connectivity index (χ1v) is 9.46. The normalized spacial score (nSPS) is 21.9. The Hall–Kier alpha value is -2.17. The largest absolute Gasteiger partial charge is 0.371 e. The summed E-state index contributed by atoms with van der Waals surface area (Å²) in [5.41, 5.74) is 2.68. The highest BCUT2D eigenvalue weighted by Gasteiger charge is 2.44. The molecule has 1 atom stereocenters. The number of ether oxygens (including phenoxy) is 1. The van der Waals surface area contributed by atoms with Gasteiger partial charge in [0.2, 0.25) is 5.91 Å². The number of rotatable bonds is 6. The van der Waals surface area contributed by atoms with Crippen molar-refractivity contribution in [2.75, 3.05) is 32.8 Å². The maximum atomic E-state index is 12.5. The molecule has 4 heteroatoms. The quantitative estimate of drug-likeness (QED) is 0.871. The Morgan fingerprint density at radius 1 is 1.08 bits per heavy atom. The number of carbonyl (C=O) groups is 1. The number of hydrogen-bond donors (Lipinski definition) is 1. The third kappa shape index (κ3) is 3.97. The number of amides is 1. The van der Waals surface area contributed by atoms with Gasteiger partial charge in [0.05, 0.1) is 19.3 Å². The molecule has 1 N–H and O–H groups in total. The molecule has 1 unspecified atom stereocenters. The maximum absolute atomic E-state index is 12.5. The Labute approximate surface area is 155 Å². The molecule has 0 radical (unpaired) electrons. The van der Waals surface area contributed by atoms with E-state index in [9.17, 15) is 4.79 Å². The van der Waals surface area contributed by atoms with Gasteiger partial charge >= 0.3 is 0 Å². The SMILES string of the molecule is O=C(CN1CCOC(c2ccccc2)C1)NCC1(c2ccccc2)CC1. The van der Waals surface area contributed by atoms with E-state index in [2.05, 4.69) is 46.6 Å². The first-order chi connectivity index (χ1) is 12.8. The number of nitrogens with zero attached hydrogens (tertiary/aromatic N) is 1. The summed E-state index contributed by atoms with van der Waals surface area (Å²) in [5, 5.41) is 3.16. The van der Waals surface area contributed by atoms with Gasteiger partial charge in [0.15, 0.2) is 0 Å². The minimum absolute atomic E-state index is 0.0526. The van der Waals surface area contributed by atoms with Crippen molar-refractivity contribution in [2.24, 2.45) is 0 Å². The summed E-state index contributed by atoms with van der Waals surface area (Å²) in [7, 11) is 0. The predicted molar refractivity (Wildman–Crippen MR) is 102 cm³/mol. The van der Waals surface area contributed by atoms with Crippen LogP contribution in [-0.4, -0.2) is 43.6 Å². The number of morpholine rings is 1. The van der Waals surface area contributed by atoms with Crippen molar-refractivity contribution < 1.29 is 9.53 Å². The number of hydrogen-bond acceptors (Lipinski definition) is 3. The molecule has 2 aromatic rings. The van der Waals surface area contributed by atoms with Crippen LogP contribution in [0.2, 0.25) is 0 Å². The zero-order chi connectivity index (χ0) is 17.8. The molecule has 136 valence electrons. The monoisotopic (exact) mass is 350 g/mol. The third-order valence-electron chi connectivity index (χ3n) is 5.55. The smallest absolute Gasteiger partial charge is 0.234 e. The standard InChI is InChI=1S/C22H26N2O2/c25-21(23-17-22(11-12-22)19-9-5-2-6-10-19)16-24-13-14-26-20(15-24)18-7-3-1-4-8-18/h1-10,20H,11-17H2,(H,23,25). The zero-order valence-corrected chi connectivity index (χ0v) is 15.1. The molecule has 1 saturated heterocycles. The fourth-order valence-electron chi connectivity index (χ4n) is 3.75. The van der Waals surface area contributed by atoms with Gasteiger partial charge in [-0.05, 0) is 24.0 Å². The Bertz CT molecular complexity index is 728. The molecule has 2 aromatic carbocycles. The van der Waals surface area contributed by atoms with Crippen LogP contribution in [0.4, 0.5) is 0 Å². The van der Waals surface area contributed by atoms with Gasteiger partial charge in [-0.25, -0.2) is 0 Å². The van der Waals surface area contributed by atoms with Crippen molar-refractivity contribution >= 4 is 5.91 Å². The van der Waals surface area contributed by atoms with E-state index in [-0.39, 0.29) is 17.4 Å². The van der Waals surface area contributed by atoms with Crippen molar-refractivity contribution in [2.45, 2.75) is 24.4 Å². The molecule has 1 aliphatic heterocycles. The summed E-state index contributed by atoms with van der Waals surface area (Å²) >= 11 is 0. The second-order valence-electron chi connectivity index (χ2n) is 7.43. The average molecular weight is 350 g/mol. The molecule has 1 heterocycles. The first kappa shape index (κ1) is 17.3. The van der Waals surface area contributed by atoms with Crippen molar-refractivity contribution in [3.05, 3.63) is 71.8 Å². The molecule has 1 amide bonds. The topological polar surface area (TPSA) is 41.6 Å². The van der Waals surface area contributed by atoms with E-state index in [1.54, 1.807) is 0 Å². The lowest BCUT2D eigenvalue weighted by molar-refractivity contribution is -0.124. The van der Waals surface area contributed by atoms with Crippen LogP contribution in [0.15, 0.2) is 60.7 Å². The van der Waals surface area contributed by atoms with Gasteiger partial charge in [-0.15, -0.1) is 0 Å². The van der Waals surface area contributed by atoms with Crippen LogP contribution in [0.1, 0.15) is 30.1 Å². The Kier molecular flexibility index (Phi) is 5.05. The second-order valence-corrected chi connectivity index (χ2v) is 7.43. The molecule has 26 heavy (non-hydrogen) atoms. The summed E-state index contributed by atoms with van der Waals surface area (Å²) in [5.74, 6) is 0.112. The maximum Gasteiger partial charge on any atom is 0.234 e. The van der Waals surface area contributed by atoms with Crippen molar-refractivity contribution in [3.63, 3.8) is 0 Å². The van der Waals surface area contributed by atoms with Crippen LogP contribution in [-0.2, 0) is 14.9 Å². The fourth-order valence-corrected chi connectivity index (χ4v) is 3.75. The van der Waals surface area contributed by atoms with Crippen LogP contribution in [0.5, 0.6) is 0 Å². The van der Waals surface area contributed by atoms with Crippen LogP contribution in [0.3, 0.4) is 0 Å². The van der Waals surface area contributed by atoms with Gasteiger partial charge in [0, 0.05) is 25.0 Å². The van der Waals surface area contributed by atoms with E-state index in [4.69, 9.17) is 4.74 Å². The van der Waals surface area contributed by atoms with Crippen molar-refractivity contribution in [3.8, 4) is 0 Å². The average Bonchev–Trinajstić information content (AvgIpc) is 3.49. The molecular formula is C22H26N2O2. The van der Waals surface area contributed by atoms with Gasteiger partial charge < -0.3 is 10.1 Å². The van der Waals surface area contributed by atoms with Crippen LogP contribution >= 0.6 is 0 Å². The van der Waals surface area contributed by atoms with Crippen molar-refractivity contribution in [1.82, 2.24) is 10.2 Å². The molecule has 1 saturated carbocycles. The lowest BCUT2D eigenvalue weighted by Crippen LogP contribution is -2.45. The Morgan fingerprint density at radius 3 is 2.46 bits per heavy atom. The minimum atomic E-state index is 0.0526. The highest BCUT2D eigenvalue weighted by Crippen LogP contribution is 2.47. The number of benzene rings is 2. The Morgan fingerprint density at radius 2 is 1.77 bits per heavy atom. The highest BCUT2D eigenvalue weighted by atomic mass is 16.5. The summed E-state index contributed by atoms with van der Waals surface area (Å²) in [6, 6.07) is 20.8. The molecule has 0 aromatic heterocycles. The second kappa shape index (κ2) is 7.60. The number of carbonyl (C=O) groups excluding carboxylic acids is 1. The Balaban J connectivity index is 1.28. The first-order valence-electron chi connectivity index (χ1n) is 9.46. The van der Waals surface area contributed by atoms with Crippen LogP contribution in [0, 0.1) is 0 Å². The lowest BCUT2D eigenvalue weighted by Gasteiger charge is -2.32. The summed E-state index contributed by atoms with van der Waals surface area (Å²) in [4.78, 5) is 14.7. The van der Waals surface area contributed by atoms with E-state index in [1.165, 1.54) is 11.1 Å². The van der Waals surface area contributed by atoms with Gasteiger partial charge in [0.25, 0.3) is 0 Å². The van der Waals surface area contributed by atoms with Crippen LogP contribution < -0.4 is 5.32 Å². The van der Waals surface area contributed by atoms with E-state index in [0.717, 1.165) is 32.5 Å². The molecule has 0 spiro atoms. The van der Waals surface area contributed by atoms with Crippen molar-refractivity contribution in [1.29, 1.82) is 0 Å². The van der Waals surface area contributed by atoms with Gasteiger partial charge in [-0.3, -0.25) is 9.69 Å². The third-order valence-corrected chi connectivity index (χ3v) is 5.55. The summed E-state index contributed by atoms with van der Waals surface area (Å²) < 4.78 is 5.88. The van der Waals surface area contributed by atoms with Gasteiger partial charge in [0.1, 0.15) is 0 Å². The lowest BCUT2D eigenvalue weighted by atomic mass is 9.96. The van der Waals surface area contributed by atoms with Crippen LogP contribution in [0.25, 0.3) is 0 Å². The molecular weight excluding hydrogens is 324 g/mol. The highest BCUT2D eigenvalue weighted by molar-refractivity contribution is 5.78. The molecule has 4 rings (SSSR count). The van der Waals surface area contributed by atoms with E-state index >= 15 is 0 Å². The number of nitrogens with one attached hydrogen (secondary N) is 1. The predicted octanol–water partition coefficient (Wildman–Crippen LogP) is 2.91. The summed E-state index contributed by atoms with van der Waals surface area (Å²) in [6.07, 6.45) is 2.37. The molecule has 4 nitrogen and oxygen atoms in total. The fraction of sp³-hybridized carbons (Fsp3) is 0.409. The summed E-state index contributed by atoms with van der Waals surface area (Å²) in [6.45, 7) is 3.42. The van der Waals surface area contributed by atoms with E-state index < -0.39 is 0 Å². The minimum Gasteiger partial charge on any atom is -0.371 e. The molecule has 1 aliphatic carbocycles. The van der Waals surface area contributed by atoms with E-state index in [1.807, 2.05) is 24.3 Å². The van der Waals surface area contributed by atoms with Gasteiger partial charge in [-0.1, -0.05) is 60.7 Å². The zero-order valence-electron chi connectivity index (χ0n) is 15.1. The van der Waals surface area contributed by atoms with Gasteiger partial charge in [-0.2, -0.15) is 0 Å².